The van der Waals surface area contributed by atoms with Gasteiger partial charge < -0.3 is 0 Å². The fraction of sp³-hybridized carbons (Fsp3) is 0.200. The summed E-state index contributed by atoms with van der Waals surface area (Å²) >= 11 is 3.85. The quantitative estimate of drug-likeness (QED) is 0.696. The second kappa shape index (κ2) is 6.28. The van der Waals surface area contributed by atoms with Gasteiger partial charge in [0.2, 0.25) is 10.0 Å². The van der Waals surface area contributed by atoms with Crippen LogP contribution in [0, 0.1) is 3.57 Å². The molecule has 0 unspecified atom stereocenters. The molecule has 1 fully saturated rings. The van der Waals surface area contributed by atoms with Crippen molar-refractivity contribution in [3.8, 4) is 0 Å². The second-order valence-electron chi connectivity index (χ2n) is 4.70. The van der Waals surface area contributed by atoms with Gasteiger partial charge in [-0.1, -0.05) is 30.3 Å². The Morgan fingerprint density at radius 2 is 1.71 bits per heavy atom. The van der Waals surface area contributed by atoms with Crippen LogP contribution in [0.25, 0.3) is 0 Å². The highest BCUT2D eigenvalue weighted by molar-refractivity contribution is 14.1. The lowest BCUT2D eigenvalue weighted by Crippen LogP contribution is -2.30. The van der Waals surface area contributed by atoms with E-state index in [1.807, 2.05) is 42.5 Å². The number of thioether (sulfide) groups is 1. The fourth-order valence-corrected chi connectivity index (χ4v) is 5.92. The van der Waals surface area contributed by atoms with Crippen molar-refractivity contribution in [1.82, 2.24) is 4.31 Å². The first-order valence-corrected chi connectivity index (χ1v) is 10.1. The van der Waals surface area contributed by atoms with Crippen LogP contribution in [-0.2, 0) is 10.0 Å². The van der Waals surface area contributed by atoms with Crippen molar-refractivity contribution < 1.29 is 8.42 Å². The van der Waals surface area contributed by atoms with Crippen molar-refractivity contribution in [2.24, 2.45) is 0 Å². The summed E-state index contributed by atoms with van der Waals surface area (Å²) in [7, 11) is -3.44. The Morgan fingerprint density at radius 1 is 1.05 bits per heavy atom. The molecule has 110 valence electrons. The lowest BCUT2D eigenvalue weighted by Gasteiger charge is -2.23. The van der Waals surface area contributed by atoms with E-state index in [2.05, 4.69) is 22.6 Å². The van der Waals surface area contributed by atoms with Gasteiger partial charge in [0, 0.05) is 15.9 Å². The zero-order chi connectivity index (χ0) is 14.9. The first kappa shape index (κ1) is 15.3. The SMILES string of the molecule is O=S(=O)(c1ccc(I)cc1)N1CCS[C@H]1c1ccccc1. The molecule has 0 bridgehead atoms. The predicted octanol–water partition coefficient (Wildman–Crippen LogP) is 3.73. The zero-order valence-corrected chi connectivity index (χ0v) is 14.9. The average molecular weight is 431 g/mol. The van der Waals surface area contributed by atoms with Crippen LogP contribution in [0.1, 0.15) is 10.9 Å². The van der Waals surface area contributed by atoms with E-state index in [0.717, 1.165) is 14.9 Å². The van der Waals surface area contributed by atoms with Gasteiger partial charge in [-0.3, -0.25) is 0 Å². The summed E-state index contributed by atoms with van der Waals surface area (Å²) in [5, 5.41) is -0.129. The third-order valence-electron chi connectivity index (χ3n) is 3.35. The minimum atomic E-state index is -3.44. The summed E-state index contributed by atoms with van der Waals surface area (Å²) in [5.74, 6) is 0.823. The van der Waals surface area contributed by atoms with E-state index in [1.54, 1.807) is 28.2 Å². The highest BCUT2D eigenvalue weighted by Crippen LogP contribution is 2.41. The van der Waals surface area contributed by atoms with E-state index in [4.69, 9.17) is 0 Å². The lowest BCUT2D eigenvalue weighted by molar-refractivity contribution is 0.434. The Kier molecular flexibility index (Phi) is 4.58. The molecule has 1 atom stereocenters. The number of benzene rings is 2. The molecule has 0 spiro atoms. The van der Waals surface area contributed by atoms with E-state index in [-0.39, 0.29) is 5.37 Å². The van der Waals surface area contributed by atoms with Crippen LogP contribution in [-0.4, -0.2) is 25.0 Å². The molecule has 1 aliphatic rings. The maximum Gasteiger partial charge on any atom is 0.244 e. The van der Waals surface area contributed by atoms with Crippen molar-refractivity contribution in [2.75, 3.05) is 12.3 Å². The van der Waals surface area contributed by atoms with Crippen LogP contribution < -0.4 is 0 Å². The molecule has 0 N–H and O–H groups in total. The largest absolute Gasteiger partial charge is 0.244 e. The lowest BCUT2D eigenvalue weighted by atomic mass is 10.2. The molecule has 0 radical (unpaired) electrons. The van der Waals surface area contributed by atoms with Crippen molar-refractivity contribution in [3.63, 3.8) is 0 Å². The zero-order valence-electron chi connectivity index (χ0n) is 11.1. The summed E-state index contributed by atoms with van der Waals surface area (Å²) in [4.78, 5) is 0.367. The first-order valence-electron chi connectivity index (χ1n) is 6.53. The summed E-state index contributed by atoms with van der Waals surface area (Å²) in [6, 6.07) is 16.8. The van der Waals surface area contributed by atoms with Crippen LogP contribution >= 0.6 is 34.4 Å². The number of hydrogen-bond acceptors (Lipinski definition) is 3. The maximum atomic E-state index is 12.8. The highest BCUT2D eigenvalue weighted by Gasteiger charge is 2.36. The number of hydrogen-bond donors (Lipinski definition) is 0. The molecule has 2 aromatic carbocycles. The van der Waals surface area contributed by atoms with Gasteiger partial charge in [0.25, 0.3) is 0 Å². The highest BCUT2D eigenvalue weighted by atomic mass is 127. The molecular formula is C15H14INO2S2. The molecule has 0 aliphatic carbocycles. The summed E-state index contributed by atoms with van der Waals surface area (Å²) in [5.41, 5.74) is 1.04. The standard InChI is InChI=1S/C15H14INO2S2/c16-13-6-8-14(9-7-13)21(18,19)17-10-11-20-15(17)12-4-2-1-3-5-12/h1-9,15H,10-11H2/t15-/m0/s1. The molecule has 1 saturated heterocycles. The Balaban J connectivity index is 1.96. The predicted molar refractivity (Wildman–Crippen MR) is 94.7 cm³/mol. The van der Waals surface area contributed by atoms with Crippen molar-refractivity contribution in [2.45, 2.75) is 10.3 Å². The Hall–Kier alpha value is -0.570. The monoisotopic (exact) mass is 431 g/mol. The molecule has 6 heteroatoms. The van der Waals surface area contributed by atoms with E-state index in [0.29, 0.717) is 11.4 Å². The molecule has 0 saturated carbocycles. The molecule has 21 heavy (non-hydrogen) atoms. The third-order valence-corrected chi connectivity index (χ3v) is 7.35. The van der Waals surface area contributed by atoms with Gasteiger partial charge in [0.05, 0.1) is 10.3 Å². The Labute approximate surface area is 142 Å². The summed E-state index contributed by atoms with van der Waals surface area (Å²) in [6.07, 6.45) is 0. The number of halogens is 1. The van der Waals surface area contributed by atoms with Gasteiger partial charge in [-0.25, -0.2) is 8.42 Å². The minimum Gasteiger partial charge on any atom is -0.207 e. The summed E-state index contributed by atoms with van der Waals surface area (Å²) < 4.78 is 28.3. The summed E-state index contributed by atoms with van der Waals surface area (Å²) in [6.45, 7) is 0.554. The average Bonchev–Trinajstić information content (AvgIpc) is 2.99. The molecule has 3 nitrogen and oxygen atoms in total. The van der Waals surface area contributed by atoms with E-state index in [1.165, 1.54) is 0 Å². The van der Waals surface area contributed by atoms with Crippen LogP contribution in [0.5, 0.6) is 0 Å². The van der Waals surface area contributed by atoms with Gasteiger partial charge in [-0.2, -0.15) is 4.31 Å². The number of nitrogens with zero attached hydrogens (tertiary/aromatic N) is 1. The van der Waals surface area contributed by atoms with Crippen molar-refractivity contribution in [3.05, 3.63) is 63.7 Å². The minimum absolute atomic E-state index is 0.129. The topological polar surface area (TPSA) is 37.4 Å². The van der Waals surface area contributed by atoms with Crippen LogP contribution in [0.4, 0.5) is 0 Å². The van der Waals surface area contributed by atoms with Gasteiger partial charge in [0.15, 0.2) is 0 Å². The Morgan fingerprint density at radius 3 is 2.38 bits per heavy atom. The smallest absolute Gasteiger partial charge is 0.207 e. The number of rotatable bonds is 3. The van der Waals surface area contributed by atoms with Crippen LogP contribution in [0.2, 0.25) is 0 Å². The normalized spacial score (nSPS) is 19.8. The van der Waals surface area contributed by atoms with Gasteiger partial charge >= 0.3 is 0 Å². The van der Waals surface area contributed by atoms with Gasteiger partial charge in [0.1, 0.15) is 0 Å². The number of sulfonamides is 1. The van der Waals surface area contributed by atoms with Crippen molar-refractivity contribution in [1.29, 1.82) is 0 Å². The third kappa shape index (κ3) is 3.13. The van der Waals surface area contributed by atoms with Crippen LogP contribution in [0.15, 0.2) is 59.5 Å². The molecule has 1 heterocycles. The molecule has 1 aliphatic heterocycles. The molecular weight excluding hydrogens is 417 g/mol. The molecule has 0 amide bonds. The van der Waals surface area contributed by atoms with Gasteiger partial charge in [-0.05, 0) is 52.4 Å². The first-order chi connectivity index (χ1) is 10.1. The van der Waals surface area contributed by atoms with Crippen LogP contribution in [0.3, 0.4) is 0 Å². The molecule has 3 rings (SSSR count). The maximum absolute atomic E-state index is 12.8. The van der Waals surface area contributed by atoms with Crippen molar-refractivity contribution >= 4 is 44.4 Å². The van der Waals surface area contributed by atoms with E-state index >= 15 is 0 Å². The van der Waals surface area contributed by atoms with E-state index < -0.39 is 10.0 Å². The second-order valence-corrected chi connectivity index (χ2v) is 9.03. The molecule has 0 aromatic heterocycles. The molecule has 2 aromatic rings. The Bertz CT molecular complexity index is 717. The van der Waals surface area contributed by atoms with E-state index in [9.17, 15) is 8.42 Å². The van der Waals surface area contributed by atoms with Gasteiger partial charge in [-0.15, -0.1) is 11.8 Å². The fourth-order valence-electron chi connectivity index (χ4n) is 2.32.